The maximum atomic E-state index is 12.5. The number of hydrogen-bond acceptors (Lipinski definition) is 3. The van der Waals surface area contributed by atoms with Gasteiger partial charge in [0.1, 0.15) is 0 Å². The summed E-state index contributed by atoms with van der Waals surface area (Å²) in [6, 6.07) is 4.15. The topological polar surface area (TPSA) is 52.0 Å². The number of halogens is 3. The third-order valence-electron chi connectivity index (χ3n) is 2.58. The molecule has 0 aliphatic carbocycles. The fourth-order valence-electron chi connectivity index (χ4n) is 1.57. The first-order valence-electron chi connectivity index (χ1n) is 5.17. The molecule has 0 saturated heterocycles. The number of rotatable bonds is 2. The summed E-state index contributed by atoms with van der Waals surface area (Å²) < 4.78 is 26.6. The number of nitrogens with zero attached hydrogens (tertiary/aromatic N) is 2. The second-order valence-corrected chi connectivity index (χ2v) is 7.28. The second-order valence-electron chi connectivity index (χ2n) is 3.91. The van der Waals surface area contributed by atoms with Crippen LogP contribution in [0.4, 0.5) is 0 Å². The lowest BCUT2D eigenvalue weighted by molar-refractivity contribution is 0.578. The minimum Gasteiger partial charge on any atom is -0.199 e. The Morgan fingerprint density at radius 3 is 2.32 bits per heavy atom. The first-order valence-corrected chi connectivity index (χ1v) is 8.16. The molecule has 0 aliphatic rings. The molecule has 0 aliphatic heterocycles. The van der Waals surface area contributed by atoms with Crippen molar-refractivity contribution >= 4 is 49.2 Å². The van der Waals surface area contributed by atoms with Gasteiger partial charge in [0.2, 0.25) is 0 Å². The van der Waals surface area contributed by atoms with Crippen molar-refractivity contribution in [3.05, 3.63) is 44.1 Å². The van der Waals surface area contributed by atoms with Crippen molar-refractivity contribution in [3.8, 4) is 0 Å². The Hall–Kier alpha value is -0.560. The van der Waals surface area contributed by atoms with Crippen LogP contribution in [0.3, 0.4) is 0 Å². The number of benzene rings is 1. The highest BCUT2D eigenvalue weighted by atomic mass is 79.9. The minimum atomic E-state index is -3.78. The monoisotopic (exact) mass is 382 g/mol. The van der Waals surface area contributed by atoms with E-state index in [4.69, 9.17) is 23.2 Å². The first kappa shape index (κ1) is 14.8. The van der Waals surface area contributed by atoms with Gasteiger partial charge in [-0.3, -0.25) is 0 Å². The summed E-state index contributed by atoms with van der Waals surface area (Å²) in [6.45, 7) is 3.39. The van der Waals surface area contributed by atoms with Gasteiger partial charge in [0.15, 0.2) is 0 Å². The van der Waals surface area contributed by atoms with Crippen molar-refractivity contribution in [1.29, 1.82) is 0 Å². The molecule has 1 aromatic heterocycles. The predicted molar refractivity (Wildman–Crippen MR) is 78.4 cm³/mol. The molecule has 0 amide bonds. The Kier molecular flexibility index (Phi) is 3.97. The van der Waals surface area contributed by atoms with Crippen LogP contribution in [0.2, 0.25) is 10.0 Å². The van der Waals surface area contributed by atoms with E-state index >= 15 is 0 Å². The van der Waals surface area contributed by atoms with Crippen molar-refractivity contribution < 1.29 is 8.42 Å². The molecule has 0 bridgehead atoms. The molecule has 2 aromatic rings. The van der Waals surface area contributed by atoms with E-state index < -0.39 is 10.0 Å². The average molecular weight is 384 g/mol. The van der Waals surface area contributed by atoms with Gasteiger partial charge in [-0.15, -0.1) is 0 Å². The van der Waals surface area contributed by atoms with Gasteiger partial charge in [0.25, 0.3) is 10.0 Å². The van der Waals surface area contributed by atoms with E-state index in [1.807, 2.05) is 0 Å². The summed E-state index contributed by atoms with van der Waals surface area (Å²) in [7, 11) is -3.78. The van der Waals surface area contributed by atoms with Crippen LogP contribution in [0, 0.1) is 13.8 Å². The molecule has 0 radical (unpaired) electrons. The van der Waals surface area contributed by atoms with Gasteiger partial charge >= 0.3 is 0 Å². The van der Waals surface area contributed by atoms with E-state index in [1.54, 1.807) is 13.8 Å². The van der Waals surface area contributed by atoms with Crippen LogP contribution in [-0.2, 0) is 10.0 Å². The van der Waals surface area contributed by atoms with Crippen LogP contribution in [0.15, 0.2) is 27.6 Å². The highest BCUT2D eigenvalue weighted by molar-refractivity contribution is 9.10. The van der Waals surface area contributed by atoms with Gasteiger partial charge in [0, 0.05) is 0 Å². The van der Waals surface area contributed by atoms with Crippen molar-refractivity contribution in [2.24, 2.45) is 0 Å². The van der Waals surface area contributed by atoms with Gasteiger partial charge in [-0.05, 0) is 48.0 Å². The zero-order valence-electron chi connectivity index (χ0n) is 9.99. The molecule has 0 N–H and O–H groups in total. The Labute approximate surface area is 129 Å². The zero-order chi connectivity index (χ0) is 14.4. The Balaban J connectivity index is 2.65. The van der Waals surface area contributed by atoms with E-state index in [9.17, 15) is 8.42 Å². The standard InChI is InChI=1S/C11H9BrCl2N2O2S/c1-6-11(12)7(2)16(15-6)19(17,18)8-3-4-9(13)10(14)5-8/h3-5H,1-2H3. The molecule has 4 nitrogen and oxygen atoms in total. The number of aryl methyl sites for hydroxylation is 1. The van der Waals surface area contributed by atoms with Crippen LogP contribution >= 0.6 is 39.1 Å². The minimum absolute atomic E-state index is 0.0417. The van der Waals surface area contributed by atoms with E-state index in [0.717, 1.165) is 4.09 Å². The lowest BCUT2D eigenvalue weighted by Gasteiger charge is -2.07. The first-order chi connectivity index (χ1) is 8.75. The molecule has 0 unspecified atom stereocenters. The van der Waals surface area contributed by atoms with E-state index in [-0.39, 0.29) is 9.92 Å². The summed E-state index contributed by atoms with van der Waals surface area (Å²) in [5.74, 6) is 0. The van der Waals surface area contributed by atoms with Gasteiger partial charge in [0.05, 0.1) is 30.8 Å². The van der Waals surface area contributed by atoms with Crippen molar-refractivity contribution in [1.82, 2.24) is 9.19 Å². The number of aromatic nitrogens is 2. The van der Waals surface area contributed by atoms with Gasteiger partial charge in [-0.2, -0.15) is 17.6 Å². The number of hydrogen-bond donors (Lipinski definition) is 0. The quantitative estimate of drug-likeness (QED) is 0.792. The highest BCUT2D eigenvalue weighted by Gasteiger charge is 2.23. The molecule has 2 rings (SSSR count). The van der Waals surface area contributed by atoms with Crippen LogP contribution in [0.1, 0.15) is 11.4 Å². The molecule has 0 saturated carbocycles. The van der Waals surface area contributed by atoms with Crippen molar-refractivity contribution in [3.63, 3.8) is 0 Å². The molecule has 0 fully saturated rings. The smallest absolute Gasteiger partial charge is 0.199 e. The SMILES string of the molecule is Cc1nn(S(=O)(=O)c2ccc(Cl)c(Cl)c2)c(C)c1Br. The largest absolute Gasteiger partial charge is 0.283 e. The molecule has 0 spiro atoms. The Bertz CT molecular complexity index is 756. The lowest BCUT2D eigenvalue weighted by atomic mass is 10.4. The third-order valence-corrected chi connectivity index (χ3v) is 6.13. The average Bonchev–Trinajstić information content (AvgIpc) is 2.61. The summed E-state index contributed by atoms with van der Waals surface area (Å²) in [6.07, 6.45) is 0. The van der Waals surface area contributed by atoms with Crippen LogP contribution in [0.5, 0.6) is 0 Å². The van der Waals surface area contributed by atoms with Gasteiger partial charge in [-0.25, -0.2) is 0 Å². The van der Waals surface area contributed by atoms with E-state index in [2.05, 4.69) is 21.0 Å². The van der Waals surface area contributed by atoms with E-state index in [0.29, 0.717) is 20.9 Å². The maximum Gasteiger partial charge on any atom is 0.283 e. The maximum absolute atomic E-state index is 12.5. The fourth-order valence-corrected chi connectivity index (χ4v) is 3.69. The zero-order valence-corrected chi connectivity index (χ0v) is 13.9. The van der Waals surface area contributed by atoms with Gasteiger partial charge in [-0.1, -0.05) is 23.2 Å². The molecule has 8 heteroatoms. The molecule has 102 valence electrons. The van der Waals surface area contributed by atoms with Gasteiger partial charge < -0.3 is 0 Å². The molecular weight excluding hydrogens is 375 g/mol. The summed E-state index contributed by atoms with van der Waals surface area (Å²) in [5, 5.41) is 4.50. The van der Waals surface area contributed by atoms with Crippen LogP contribution in [0.25, 0.3) is 0 Å². The van der Waals surface area contributed by atoms with E-state index in [1.165, 1.54) is 18.2 Å². The normalized spacial score (nSPS) is 11.8. The lowest BCUT2D eigenvalue weighted by Crippen LogP contribution is -2.16. The van der Waals surface area contributed by atoms with Crippen molar-refractivity contribution in [2.75, 3.05) is 0 Å². The van der Waals surface area contributed by atoms with Crippen LogP contribution in [-0.4, -0.2) is 17.6 Å². The third kappa shape index (κ3) is 2.54. The molecule has 1 aromatic carbocycles. The molecular formula is C11H9BrCl2N2O2S. The predicted octanol–water partition coefficient (Wildman–Crippen LogP) is 3.81. The Morgan fingerprint density at radius 1 is 1.21 bits per heavy atom. The molecule has 1 heterocycles. The van der Waals surface area contributed by atoms with Crippen molar-refractivity contribution in [2.45, 2.75) is 18.7 Å². The summed E-state index contributed by atoms with van der Waals surface area (Å²) in [4.78, 5) is 0.0417. The molecule has 19 heavy (non-hydrogen) atoms. The Morgan fingerprint density at radius 2 is 1.84 bits per heavy atom. The fraction of sp³-hybridized carbons (Fsp3) is 0.182. The highest BCUT2D eigenvalue weighted by Crippen LogP contribution is 2.28. The molecule has 0 atom stereocenters. The summed E-state index contributed by atoms with van der Waals surface area (Å²) in [5.41, 5.74) is 1.10. The second kappa shape index (κ2) is 5.09. The van der Waals surface area contributed by atoms with Crippen LogP contribution < -0.4 is 0 Å². The summed E-state index contributed by atoms with van der Waals surface area (Å²) >= 11 is 14.9.